The van der Waals surface area contributed by atoms with Gasteiger partial charge in [0.15, 0.2) is 0 Å². The van der Waals surface area contributed by atoms with E-state index in [2.05, 4.69) is 5.32 Å². The van der Waals surface area contributed by atoms with Crippen molar-refractivity contribution in [2.75, 3.05) is 7.05 Å². The van der Waals surface area contributed by atoms with Crippen LogP contribution in [0, 0.1) is 0 Å². The van der Waals surface area contributed by atoms with Gasteiger partial charge in [0.2, 0.25) is 0 Å². The molecule has 0 spiro atoms. The van der Waals surface area contributed by atoms with Gasteiger partial charge >= 0.3 is 5.97 Å². The fraction of sp³-hybridized carbons (Fsp3) is 0.583. The summed E-state index contributed by atoms with van der Waals surface area (Å²) in [6, 6.07) is 3.96. The molecule has 4 heteroatoms. The smallest absolute Gasteiger partial charge is 0.317 e. The Bertz CT molecular complexity index is 350. The van der Waals surface area contributed by atoms with E-state index in [1.54, 1.807) is 18.4 Å². The third kappa shape index (κ3) is 1.73. The zero-order valence-corrected chi connectivity index (χ0v) is 9.40. The van der Waals surface area contributed by atoms with Crippen molar-refractivity contribution < 1.29 is 14.3 Å². The number of hydrogen-bond acceptors (Lipinski definition) is 3. The average molecular weight is 223 g/mol. The molecule has 16 heavy (non-hydrogen) atoms. The van der Waals surface area contributed by atoms with Crippen LogP contribution in [0.25, 0.3) is 0 Å². The first-order valence-electron chi connectivity index (χ1n) is 5.64. The van der Waals surface area contributed by atoms with Gasteiger partial charge in [-0.05, 0) is 44.9 Å². The van der Waals surface area contributed by atoms with Gasteiger partial charge in [-0.1, -0.05) is 0 Å². The van der Waals surface area contributed by atoms with Crippen molar-refractivity contribution in [3.8, 4) is 0 Å². The Morgan fingerprint density at radius 3 is 2.69 bits per heavy atom. The van der Waals surface area contributed by atoms with Gasteiger partial charge in [0.05, 0.1) is 6.26 Å². The number of furan rings is 1. The lowest BCUT2D eigenvalue weighted by atomic mass is 9.71. The molecule has 0 atom stereocenters. The topological polar surface area (TPSA) is 62.5 Å². The van der Waals surface area contributed by atoms with Crippen molar-refractivity contribution in [3.63, 3.8) is 0 Å². The Kier molecular flexibility index (Phi) is 3.01. The third-order valence-electron chi connectivity index (χ3n) is 3.65. The van der Waals surface area contributed by atoms with Crippen LogP contribution in [0.2, 0.25) is 0 Å². The number of carboxylic acids is 1. The number of hydrogen-bond donors (Lipinski definition) is 2. The molecule has 1 saturated carbocycles. The van der Waals surface area contributed by atoms with E-state index in [0.29, 0.717) is 24.6 Å². The van der Waals surface area contributed by atoms with Crippen molar-refractivity contribution in [1.82, 2.24) is 5.32 Å². The number of nitrogens with one attached hydrogen (secondary N) is 1. The Balaban J connectivity index is 2.23. The first-order valence-corrected chi connectivity index (χ1v) is 5.64. The largest absolute Gasteiger partial charge is 0.480 e. The summed E-state index contributed by atoms with van der Waals surface area (Å²) >= 11 is 0. The Morgan fingerprint density at radius 1 is 1.56 bits per heavy atom. The van der Waals surface area contributed by atoms with Crippen LogP contribution in [0.1, 0.15) is 31.4 Å². The quantitative estimate of drug-likeness (QED) is 0.819. The summed E-state index contributed by atoms with van der Waals surface area (Å²) in [6.07, 6.45) is 4.58. The average Bonchev–Trinajstić information content (AvgIpc) is 2.82. The third-order valence-corrected chi connectivity index (χ3v) is 3.65. The van der Waals surface area contributed by atoms with Gasteiger partial charge in [0, 0.05) is 6.04 Å². The molecule has 88 valence electrons. The van der Waals surface area contributed by atoms with E-state index in [1.165, 1.54) is 0 Å². The second kappa shape index (κ2) is 4.29. The zero-order chi connectivity index (χ0) is 11.6. The lowest BCUT2D eigenvalue weighted by molar-refractivity contribution is -0.146. The van der Waals surface area contributed by atoms with E-state index in [1.807, 2.05) is 7.05 Å². The molecule has 1 aromatic heterocycles. The van der Waals surface area contributed by atoms with Gasteiger partial charge in [-0.25, -0.2) is 0 Å². The summed E-state index contributed by atoms with van der Waals surface area (Å²) in [5, 5.41) is 12.6. The van der Waals surface area contributed by atoms with Crippen molar-refractivity contribution in [2.45, 2.75) is 37.1 Å². The van der Waals surface area contributed by atoms with Crippen LogP contribution in [0.5, 0.6) is 0 Å². The Morgan fingerprint density at radius 2 is 2.25 bits per heavy atom. The van der Waals surface area contributed by atoms with Crippen molar-refractivity contribution in [2.24, 2.45) is 0 Å². The van der Waals surface area contributed by atoms with Gasteiger partial charge in [-0.3, -0.25) is 4.79 Å². The molecule has 0 bridgehead atoms. The fourth-order valence-corrected chi connectivity index (χ4v) is 2.52. The lowest BCUT2D eigenvalue weighted by Gasteiger charge is -2.35. The zero-order valence-electron chi connectivity index (χ0n) is 9.40. The molecular formula is C12H17NO3. The summed E-state index contributed by atoms with van der Waals surface area (Å²) in [5.74, 6) is -0.174. The molecule has 0 aliphatic heterocycles. The highest BCUT2D eigenvalue weighted by Crippen LogP contribution is 2.39. The molecule has 0 amide bonds. The molecular weight excluding hydrogens is 206 g/mol. The van der Waals surface area contributed by atoms with Crippen LogP contribution < -0.4 is 5.32 Å². The molecule has 0 aromatic carbocycles. The number of carbonyl (C=O) groups is 1. The second-order valence-electron chi connectivity index (χ2n) is 4.43. The summed E-state index contributed by atoms with van der Waals surface area (Å²) < 4.78 is 5.31. The summed E-state index contributed by atoms with van der Waals surface area (Å²) in [7, 11) is 1.92. The van der Waals surface area contributed by atoms with Crippen molar-refractivity contribution in [3.05, 3.63) is 24.2 Å². The fourth-order valence-electron chi connectivity index (χ4n) is 2.52. The highest BCUT2D eigenvalue weighted by molar-refractivity contribution is 5.80. The maximum absolute atomic E-state index is 11.5. The minimum absolute atomic E-state index is 0.433. The van der Waals surface area contributed by atoms with Crippen LogP contribution in [0.15, 0.2) is 22.8 Å². The number of rotatable bonds is 3. The van der Waals surface area contributed by atoms with Crippen LogP contribution in [-0.4, -0.2) is 24.2 Å². The summed E-state index contributed by atoms with van der Waals surface area (Å²) in [4.78, 5) is 11.5. The van der Waals surface area contributed by atoms with Crippen LogP contribution in [-0.2, 0) is 10.2 Å². The minimum atomic E-state index is -0.809. The molecule has 2 N–H and O–H groups in total. The SMILES string of the molecule is CNC1CCC(C(=O)O)(c2ccco2)CC1. The molecule has 0 saturated heterocycles. The molecule has 4 nitrogen and oxygen atoms in total. The first-order chi connectivity index (χ1) is 7.69. The highest BCUT2D eigenvalue weighted by Gasteiger charge is 2.45. The van der Waals surface area contributed by atoms with Crippen LogP contribution in [0.4, 0.5) is 0 Å². The van der Waals surface area contributed by atoms with Gasteiger partial charge in [-0.15, -0.1) is 0 Å². The normalized spacial score (nSPS) is 30.2. The maximum Gasteiger partial charge on any atom is 0.317 e. The van der Waals surface area contributed by atoms with E-state index in [4.69, 9.17) is 4.42 Å². The highest BCUT2D eigenvalue weighted by atomic mass is 16.4. The predicted molar refractivity (Wildman–Crippen MR) is 59.3 cm³/mol. The van der Waals surface area contributed by atoms with Crippen molar-refractivity contribution in [1.29, 1.82) is 0 Å². The molecule has 1 aromatic rings. The minimum Gasteiger partial charge on any atom is -0.480 e. The maximum atomic E-state index is 11.5. The monoisotopic (exact) mass is 223 g/mol. The number of aliphatic carboxylic acids is 1. The van der Waals surface area contributed by atoms with Crippen LogP contribution >= 0.6 is 0 Å². The first kappa shape index (κ1) is 11.2. The second-order valence-corrected chi connectivity index (χ2v) is 4.43. The Labute approximate surface area is 94.6 Å². The van der Waals surface area contributed by atoms with E-state index in [0.717, 1.165) is 12.8 Å². The molecule has 1 aliphatic rings. The van der Waals surface area contributed by atoms with E-state index in [9.17, 15) is 9.90 Å². The Hall–Kier alpha value is -1.29. The summed E-state index contributed by atoms with van der Waals surface area (Å²) in [5.41, 5.74) is -0.809. The standard InChI is InChI=1S/C12H17NO3/c1-13-9-4-6-12(7-5-9,11(14)15)10-3-2-8-16-10/h2-3,8-9,13H,4-7H2,1H3,(H,14,15). The van der Waals surface area contributed by atoms with E-state index < -0.39 is 11.4 Å². The van der Waals surface area contributed by atoms with Crippen molar-refractivity contribution >= 4 is 5.97 Å². The van der Waals surface area contributed by atoms with Gasteiger partial charge in [0.1, 0.15) is 11.2 Å². The van der Waals surface area contributed by atoms with Crippen LogP contribution in [0.3, 0.4) is 0 Å². The molecule has 2 rings (SSSR count). The molecule has 0 unspecified atom stereocenters. The predicted octanol–water partition coefficient (Wildman–Crippen LogP) is 1.76. The van der Waals surface area contributed by atoms with E-state index in [-0.39, 0.29) is 0 Å². The van der Waals surface area contributed by atoms with E-state index >= 15 is 0 Å². The van der Waals surface area contributed by atoms with Gasteiger partial charge in [0.25, 0.3) is 0 Å². The molecule has 1 fully saturated rings. The molecule has 1 heterocycles. The summed E-state index contributed by atoms with van der Waals surface area (Å²) in [6.45, 7) is 0. The molecule has 0 radical (unpaired) electrons. The van der Waals surface area contributed by atoms with Gasteiger partial charge < -0.3 is 14.8 Å². The van der Waals surface area contributed by atoms with Gasteiger partial charge in [-0.2, -0.15) is 0 Å². The molecule has 1 aliphatic carbocycles. The number of carboxylic acid groups (broad SMARTS) is 1. The lowest BCUT2D eigenvalue weighted by Crippen LogP contribution is -2.43.